The van der Waals surface area contributed by atoms with Crippen molar-refractivity contribution in [2.45, 2.75) is 13.3 Å². The number of rotatable bonds is 2. The molecule has 4 heteroatoms. The predicted molar refractivity (Wildman–Crippen MR) is 58.2 cm³/mol. The highest BCUT2D eigenvalue weighted by atomic mass is 14.9. The third-order valence-electron chi connectivity index (χ3n) is 2.10. The van der Waals surface area contributed by atoms with Crippen LogP contribution >= 0.6 is 0 Å². The van der Waals surface area contributed by atoms with Crippen LogP contribution in [0.1, 0.15) is 17.2 Å². The first kappa shape index (κ1) is 9.58. The first-order valence-electron chi connectivity index (χ1n) is 4.73. The van der Waals surface area contributed by atoms with Crippen molar-refractivity contribution >= 4 is 5.69 Å². The van der Waals surface area contributed by atoms with Crippen LogP contribution in [0, 0.1) is 6.92 Å². The molecule has 2 rings (SSSR count). The normalized spacial score (nSPS) is 10.2. The van der Waals surface area contributed by atoms with E-state index >= 15 is 0 Å². The summed E-state index contributed by atoms with van der Waals surface area (Å²) in [6, 6.07) is 5.79. The average molecular weight is 200 g/mol. The summed E-state index contributed by atoms with van der Waals surface area (Å²) in [5, 5.41) is 0. The average Bonchev–Trinajstić information content (AvgIpc) is 2.25. The van der Waals surface area contributed by atoms with Gasteiger partial charge >= 0.3 is 0 Å². The van der Waals surface area contributed by atoms with Crippen LogP contribution in [-0.4, -0.2) is 15.0 Å². The maximum Gasteiger partial charge on any atom is 0.125 e. The lowest BCUT2D eigenvalue weighted by Gasteiger charge is -2.04. The molecule has 0 radical (unpaired) electrons. The van der Waals surface area contributed by atoms with Gasteiger partial charge in [-0.1, -0.05) is 6.07 Å². The van der Waals surface area contributed by atoms with Crippen LogP contribution in [0.4, 0.5) is 5.69 Å². The van der Waals surface area contributed by atoms with Gasteiger partial charge in [0.2, 0.25) is 0 Å². The van der Waals surface area contributed by atoms with Gasteiger partial charge in [0.05, 0.1) is 17.6 Å². The summed E-state index contributed by atoms with van der Waals surface area (Å²) in [5.41, 5.74) is 8.20. The number of aromatic nitrogens is 3. The van der Waals surface area contributed by atoms with E-state index in [1.54, 1.807) is 12.4 Å². The summed E-state index contributed by atoms with van der Waals surface area (Å²) < 4.78 is 0. The Balaban J connectivity index is 2.28. The number of pyridine rings is 1. The van der Waals surface area contributed by atoms with Gasteiger partial charge in [-0.3, -0.25) is 4.98 Å². The number of nitrogen functional groups attached to an aromatic ring is 1. The van der Waals surface area contributed by atoms with Gasteiger partial charge in [-0.2, -0.15) is 0 Å². The Kier molecular flexibility index (Phi) is 2.58. The summed E-state index contributed by atoms with van der Waals surface area (Å²) in [7, 11) is 0. The maximum absolute atomic E-state index is 5.78. The molecule has 2 heterocycles. The van der Waals surface area contributed by atoms with Crippen molar-refractivity contribution in [3.63, 3.8) is 0 Å². The number of nitrogens with two attached hydrogens (primary N) is 1. The van der Waals surface area contributed by atoms with Crippen molar-refractivity contribution < 1.29 is 0 Å². The van der Waals surface area contributed by atoms with Crippen LogP contribution in [0.15, 0.2) is 30.6 Å². The Labute approximate surface area is 88.2 Å². The summed E-state index contributed by atoms with van der Waals surface area (Å²) >= 11 is 0. The van der Waals surface area contributed by atoms with E-state index in [4.69, 9.17) is 5.73 Å². The van der Waals surface area contributed by atoms with E-state index in [2.05, 4.69) is 15.0 Å². The van der Waals surface area contributed by atoms with E-state index in [0.717, 1.165) is 17.2 Å². The Morgan fingerprint density at radius 1 is 1.27 bits per heavy atom. The van der Waals surface area contributed by atoms with Crippen LogP contribution in [0.3, 0.4) is 0 Å². The largest absolute Gasteiger partial charge is 0.396 e. The number of anilines is 1. The lowest BCUT2D eigenvalue weighted by molar-refractivity contribution is 0.951. The second-order valence-corrected chi connectivity index (χ2v) is 3.32. The highest BCUT2D eigenvalue weighted by Crippen LogP contribution is 2.11. The minimum Gasteiger partial charge on any atom is -0.396 e. The molecule has 15 heavy (non-hydrogen) atoms. The summed E-state index contributed by atoms with van der Waals surface area (Å²) in [6.45, 7) is 1.85. The lowest BCUT2D eigenvalue weighted by atomic mass is 10.2. The van der Waals surface area contributed by atoms with E-state index in [0.29, 0.717) is 12.1 Å². The monoisotopic (exact) mass is 200 g/mol. The summed E-state index contributed by atoms with van der Waals surface area (Å²) in [5.74, 6) is 0.732. The van der Waals surface area contributed by atoms with Crippen molar-refractivity contribution in [2.75, 3.05) is 5.73 Å². The zero-order chi connectivity index (χ0) is 10.7. The Morgan fingerprint density at radius 2 is 2.13 bits per heavy atom. The molecule has 0 aliphatic carbocycles. The van der Waals surface area contributed by atoms with Crippen LogP contribution in [0.2, 0.25) is 0 Å². The molecular weight excluding hydrogens is 188 g/mol. The molecule has 0 fully saturated rings. The van der Waals surface area contributed by atoms with E-state index in [9.17, 15) is 0 Å². The minimum atomic E-state index is 0.617. The third kappa shape index (κ3) is 2.28. The van der Waals surface area contributed by atoms with E-state index in [1.807, 2.05) is 25.1 Å². The van der Waals surface area contributed by atoms with Gasteiger partial charge in [0.25, 0.3) is 0 Å². The Morgan fingerprint density at radius 3 is 2.87 bits per heavy atom. The molecule has 0 amide bonds. The minimum absolute atomic E-state index is 0.617. The van der Waals surface area contributed by atoms with Crippen molar-refractivity contribution in [3.8, 4) is 0 Å². The molecule has 0 spiro atoms. The Bertz CT molecular complexity index is 453. The maximum atomic E-state index is 5.78. The van der Waals surface area contributed by atoms with Gasteiger partial charge in [-0.25, -0.2) is 9.97 Å². The molecule has 0 saturated carbocycles. The van der Waals surface area contributed by atoms with E-state index < -0.39 is 0 Å². The first-order valence-corrected chi connectivity index (χ1v) is 4.73. The molecule has 0 aromatic carbocycles. The number of hydrogen-bond acceptors (Lipinski definition) is 4. The second kappa shape index (κ2) is 4.04. The zero-order valence-electron chi connectivity index (χ0n) is 8.51. The van der Waals surface area contributed by atoms with Gasteiger partial charge in [-0.15, -0.1) is 0 Å². The van der Waals surface area contributed by atoms with Gasteiger partial charge in [0, 0.05) is 18.3 Å². The predicted octanol–water partition coefficient (Wildman–Crippen LogP) is 1.35. The molecule has 2 aromatic rings. The third-order valence-corrected chi connectivity index (χ3v) is 2.10. The molecule has 2 N–H and O–H groups in total. The number of hydrogen-bond donors (Lipinski definition) is 1. The fourth-order valence-corrected chi connectivity index (χ4v) is 1.34. The fourth-order valence-electron chi connectivity index (χ4n) is 1.34. The quantitative estimate of drug-likeness (QED) is 0.794. The van der Waals surface area contributed by atoms with Crippen molar-refractivity contribution in [3.05, 3.63) is 47.8 Å². The molecule has 0 saturated heterocycles. The van der Waals surface area contributed by atoms with Crippen molar-refractivity contribution in [1.82, 2.24) is 15.0 Å². The van der Waals surface area contributed by atoms with E-state index in [1.165, 1.54) is 0 Å². The van der Waals surface area contributed by atoms with Crippen LogP contribution < -0.4 is 5.73 Å². The Hall–Kier alpha value is -1.97. The second-order valence-electron chi connectivity index (χ2n) is 3.32. The lowest BCUT2D eigenvalue weighted by Crippen LogP contribution is -2.03. The molecule has 76 valence electrons. The summed E-state index contributed by atoms with van der Waals surface area (Å²) in [4.78, 5) is 12.5. The van der Waals surface area contributed by atoms with Gasteiger partial charge < -0.3 is 5.73 Å². The van der Waals surface area contributed by atoms with Gasteiger partial charge in [0.1, 0.15) is 5.82 Å². The molecule has 0 atom stereocenters. The zero-order valence-corrected chi connectivity index (χ0v) is 8.51. The smallest absolute Gasteiger partial charge is 0.125 e. The molecule has 2 aromatic heterocycles. The SMILES string of the molecule is Cc1ncc(N)c(Cc2ccccn2)n1. The molecule has 0 aliphatic heterocycles. The van der Waals surface area contributed by atoms with Gasteiger partial charge in [-0.05, 0) is 19.1 Å². The van der Waals surface area contributed by atoms with E-state index in [-0.39, 0.29) is 0 Å². The first-order chi connectivity index (χ1) is 7.25. The standard InChI is InChI=1S/C11H12N4/c1-8-14-7-10(12)11(15-8)6-9-4-2-3-5-13-9/h2-5,7H,6,12H2,1H3. The molecule has 0 bridgehead atoms. The van der Waals surface area contributed by atoms with Crippen molar-refractivity contribution in [2.24, 2.45) is 0 Å². The number of aryl methyl sites for hydroxylation is 1. The number of nitrogens with zero attached hydrogens (tertiary/aromatic N) is 3. The summed E-state index contributed by atoms with van der Waals surface area (Å²) in [6.07, 6.45) is 4.05. The van der Waals surface area contributed by atoms with Crippen molar-refractivity contribution in [1.29, 1.82) is 0 Å². The van der Waals surface area contributed by atoms with Gasteiger partial charge in [0.15, 0.2) is 0 Å². The highest BCUT2D eigenvalue weighted by molar-refractivity contribution is 5.41. The molecular formula is C11H12N4. The van der Waals surface area contributed by atoms with Crippen LogP contribution in [-0.2, 0) is 6.42 Å². The van der Waals surface area contributed by atoms with Crippen LogP contribution in [0.25, 0.3) is 0 Å². The molecule has 0 aliphatic rings. The molecule has 0 unspecified atom stereocenters. The fraction of sp³-hybridized carbons (Fsp3) is 0.182. The molecule has 4 nitrogen and oxygen atoms in total. The topological polar surface area (TPSA) is 64.7 Å². The van der Waals surface area contributed by atoms with Crippen LogP contribution in [0.5, 0.6) is 0 Å². The highest BCUT2D eigenvalue weighted by Gasteiger charge is 2.04.